The predicted octanol–water partition coefficient (Wildman–Crippen LogP) is 3.42. The van der Waals surface area contributed by atoms with Crippen LogP contribution < -0.4 is 16.4 Å². The molecule has 0 unspecified atom stereocenters. The van der Waals surface area contributed by atoms with Crippen LogP contribution in [0.2, 0.25) is 10.0 Å². The Morgan fingerprint density at radius 1 is 1.03 bits per heavy atom. The van der Waals surface area contributed by atoms with Crippen molar-refractivity contribution in [2.45, 2.75) is 6.92 Å². The summed E-state index contributed by atoms with van der Waals surface area (Å²) in [7, 11) is 0. The van der Waals surface area contributed by atoms with Crippen molar-refractivity contribution in [2.75, 3.05) is 11.9 Å². The minimum atomic E-state index is -0.647. The van der Waals surface area contributed by atoms with E-state index in [2.05, 4.69) is 15.8 Å². The highest BCUT2D eigenvalue weighted by atomic mass is 35.5. The number of carbonyl (C=O) groups excluding carboxylic acids is 3. The summed E-state index contributed by atoms with van der Waals surface area (Å²) in [5.41, 5.74) is 6.54. The Balaban J connectivity index is 1.81. The molecule has 8 nitrogen and oxygen atoms in total. The topological polar surface area (TPSA) is 127 Å². The number of amides is 3. The van der Waals surface area contributed by atoms with E-state index in [0.29, 0.717) is 32.6 Å². The molecule has 1 aromatic heterocycles. The molecular weight excluding hydrogens is 431 g/mol. The Morgan fingerprint density at radius 2 is 1.67 bits per heavy atom. The molecule has 3 rings (SSSR count). The quantitative estimate of drug-likeness (QED) is 0.534. The fraction of sp³-hybridized carbons (Fsp3) is 0.100. The fourth-order valence-electron chi connectivity index (χ4n) is 2.70. The van der Waals surface area contributed by atoms with Crippen molar-refractivity contribution >= 4 is 46.6 Å². The molecule has 3 amide bonds. The summed E-state index contributed by atoms with van der Waals surface area (Å²) in [4.78, 5) is 35.6. The largest absolute Gasteiger partial charge is 0.368 e. The van der Waals surface area contributed by atoms with Gasteiger partial charge in [-0.05, 0) is 43.3 Å². The second kappa shape index (κ2) is 8.98. The lowest BCUT2D eigenvalue weighted by Crippen LogP contribution is -2.33. The number of benzene rings is 2. The zero-order chi connectivity index (χ0) is 21.8. The number of aryl methyl sites for hydroxylation is 1. The third kappa shape index (κ3) is 4.61. The van der Waals surface area contributed by atoms with Crippen LogP contribution in [-0.2, 0) is 4.79 Å². The second-order valence-electron chi connectivity index (χ2n) is 6.24. The third-order valence-corrected chi connectivity index (χ3v) is 4.75. The number of aromatic nitrogens is 1. The first kappa shape index (κ1) is 21.4. The van der Waals surface area contributed by atoms with Crippen molar-refractivity contribution in [3.8, 4) is 11.3 Å². The van der Waals surface area contributed by atoms with Crippen molar-refractivity contribution in [1.82, 2.24) is 10.5 Å². The maximum atomic E-state index is 12.9. The SMILES string of the molecule is Cc1onc(-c2c(Cl)cccc2Cl)c1C(=O)Nc1ccc(C(=O)NCC(N)=O)cc1. The van der Waals surface area contributed by atoms with Gasteiger partial charge >= 0.3 is 0 Å². The van der Waals surface area contributed by atoms with Crippen LogP contribution in [0.3, 0.4) is 0 Å². The molecule has 0 aliphatic rings. The summed E-state index contributed by atoms with van der Waals surface area (Å²) < 4.78 is 5.20. The van der Waals surface area contributed by atoms with Gasteiger partial charge in [0.2, 0.25) is 5.91 Å². The van der Waals surface area contributed by atoms with Gasteiger partial charge in [0.15, 0.2) is 0 Å². The van der Waals surface area contributed by atoms with Crippen LogP contribution in [0.4, 0.5) is 5.69 Å². The number of halogens is 2. The number of nitrogens with two attached hydrogens (primary N) is 1. The molecule has 0 atom stereocenters. The first-order valence-electron chi connectivity index (χ1n) is 8.66. The molecule has 154 valence electrons. The van der Waals surface area contributed by atoms with Gasteiger partial charge in [0.05, 0.1) is 16.6 Å². The number of primary amides is 1. The third-order valence-electron chi connectivity index (χ3n) is 4.12. The molecular formula is C20H16Cl2N4O4. The van der Waals surface area contributed by atoms with Gasteiger partial charge in [-0.1, -0.05) is 34.4 Å². The van der Waals surface area contributed by atoms with Crippen molar-refractivity contribution in [3.05, 3.63) is 69.4 Å². The number of carbonyl (C=O) groups is 3. The van der Waals surface area contributed by atoms with Crippen LogP contribution >= 0.6 is 23.2 Å². The second-order valence-corrected chi connectivity index (χ2v) is 7.05. The highest BCUT2D eigenvalue weighted by molar-refractivity contribution is 6.39. The van der Waals surface area contributed by atoms with Crippen molar-refractivity contribution in [3.63, 3.8) is 0 Å². The Labute approximate surface area is 181 Å². The number of nitrogens with zero attached hydrogens (tertiary/aromatic N) is 1. The van der Waals surface area contributed by atoms with E-state index in [1.54, 1.807) is 37.3 Å². The van der Waals surface area contributed by atoms with E-state index in [1.807, 2.05) is 0 Å². The first-order valence-corrected chi connectivity index (χ1v) is 9.42. The monoisotopic (exact) mass is 446 g/mol. The zero-order valence-electron chi connectivity index (χ0n) is 15.7. The van der Waals surface area contributed by atoms with Gasteiger partial charge in [-0.3, -0.25) is 14.4 Å². The summed E-state index contributed by atoms with van der Waals surface area (Å²) in [5.74, 6) is -1.30. The van der Waals surface area contributed by atoms with Crippen LogP contribution in [0.5, 0.6) is 0 Å². The number of hydrogen-bond acceptors (Lipinski definition) is 5. The minimum absolute atomic E-state index is 0.188. The molecule has 0 fully saturated rings. The number of hydrogen-bond donors (Lipinski definition) is 3. The standard InChI is InChI=1S/C20H16Cl2N4O4/c1-10-16(18(26-30-10)17-13(21)3-2-4-14(17)22)20(29)25-12-7-5-11(6-8-12)19(28)24-9-15(23)27/h2-8H,9H2,1H3,(H2,23,27)(H,24,28)(H,25,29). The van der Waals surface area contributed by atoms with Gasteiger partial charge in [0.25, 0.3) is 11.8 Å². The zero-order valence-corrected chi connectivity index (χ0v) is 17.2. The van der Waals surface area contributed by atoms with Crippen LogP contribution in [-0.4, -0.2) is 29.4 Å². The first-order chi connectivity index (χ1) is 14.3. The molecule has 0 aliphatic carbocycles. The summed E-state index contributed by atoms with van der Waals surface area (Å²) in [6.07, 6.45) is 0. The molecule has 0 saturated heterocycles. The Hall–Kier alpha value is -3.36. The molecule has 0 spiro atoms. The van der Waals surface area contributed by atoms with E-state index in [-0.39, 0.29) is 17.8 Å². The van der Waals surface area contributed by atoms with E-state index in [0.717, 1.165) is 0 Å². The van der Waals surface area contributed by atoms with E-state index in [9.17, 15) is 14.4 Å². The maximum Gasteiger partial charge on any atom is 0.261 e. The van der Waals surface area contributed by atoms with Gasteiger partial charge in [-0.15, -0.1) is 0 Å². The van der Waals surface area contributed by atoms with Gasteiger partial charge in [0.1, 0.15) is 17.0 Å². The fourth-order valence-corrected chi connectivity index (χ4v) is 3.28. The molecule has 0 bridgehead atoms. The summed E-state index contributed by atoms with van der Waals surface area (Å²) in [5, 5.41) is 9.70. The predicted molar refractivity (Wildman–Crippen MR) is 113 cm³/mol. The molecule has 0 radical (unpaired) electrons. The van der Waals surface area contributed by atoms with Crippen LogP contribution in [0, 0.1) is 6.92 Å². The molecule has 4 N–H and O–H groups in total. The van der Waals surface area contributed by atoms with Crippen LogP contribution in [0.1, 0.15) is 26.5 Å². The Kier molecular flexibility index (Phi) is 6.39. The molecule has 30 heavy (non-hydrogen) atoms. The maximum absolute atomic E-state index is 12.9. The van der Waals surface area contributed by atoms with Crippen LogP contribution in [0.15, 0.2) is 47.0 Å². The number of anilines is 1. The van der Waals surface area contributed by atoms with Crippen molar-refractivity contribution in [1.29, 1.82) is 0 Å². The highest BCUT2D eigenvalue weighted by Crippen LogP contribution is 2.36. The number of nitrogens with one attached hydrogen (secondary N) is 2. The Bertz CT molecular complexity index is 1110. The lowest BCUT2D eigenvalue weighted by molar-refractivity contribution is -0.117. The lowest BCUT2D eigenvalue weighted by Gasteiger charge is -2.09. The molecule has 0 aliphatic heterocycles. The van der Waals surface area contributed by atoms with Gasteiger partial charge < -0.3 is 20.9 Å². The summed E-state index contributed by atoms with van der Waals surface area (Å²) >= 11 is 12.5. The minimum Gasteiger partial charge on any atom is -0.368 e. The van der Waals surface area contributed by atoms with E-state index in [4.69, 9.17) is 33.5 Å². The van der Waals surface area contributed by atoms with Crippen LogP contribution in [0.25, 0.3) is 11.3 Å². The van der Waals surface area contributed by atoms with E-state index < -0.39 is 17.7 Å². The van der Waals surface area contributed by atoms with Crippen molar-refractivity contribution < 1.29 is 18.9 Å². The van der Waals surface area contributed by atoms with Crippen molar-refractivity contribution in [2.24, 2.45) is 5.73 Å². The van der Waals surface area contributed by atoms with Gasteiger partial charge in [-0.2, -0.15) is 0 Å². The van der Waals surface area contributed by atoms with Gasteiger partial charge in [-0.25, -0.2) is 0 Å². The van der Waals surface area contributed by atoms with E-state index in [1.165, 1.54) is 12.1 Å². The molecule has 1 heterocycles. The molecule has 10 heteroatoms. The average Bonchev–Trinajstić information content (AvgIpc) is 3.07. The molecule has 3 aromatic rings. The number of rotatable bonds is 6. The van der Waals surface area contributed by atoms with Gasteiger partial charge in [0, 0.05) is 16.8 Å². The normalized spacial score (nSPS) is 10.5. The molecule has 2 aromatic carbocycles. The Morgan fingerprint density at radius 3 is 2.27 bits per heavy atom. The molecule has 0 saturated carbocycles. The highest BCUT2D eigenvalue weighted by Gasteiger charge is 2.25. The smallest absolute Gasteiger partial charge is 0.261 e. The van der Waals surface area contributed by atoms with E-state index >= 15 is 0 Å². The average molecular weight is 447 g/mol. The summed E-state index contributed by atoms with van der Waals surface area (Å²) in [6, 6.07) is 11.0. The lowest BCUT2D eigenvalue weighted by atomic mass is 10.1. The summed E-state index contributed by atoms with van der Waals surface area (Å²) in [6.45, 7) is 1.33.